The molecule has 1 N–H and O–H groups in total. The number of aromatic amines is 1. The first-order chi connectivity index (χ1) is 17.6. The van der Waals surface area contributed by atoms with Gasteiger partial charge in [0.05, 0.1) is 31.0 Å². The predicted octanol–water partition coefficient (Wildman–Crippen LogP) is 5.36. The molecule has 3 fully saturated rings. The molecule has 2 atom stereocenters. The molecule has 4 aromatic heterocycles. The number of H-pyrrole nitrogens is 1. The highest BCUT2D eigenvalue weighted by molar-refractivity contribution is 7.18. The monoisotopic (exact) mass is 506 g/mol. The molecule has 0 spiro atoms. The van der Waals surface area contributed by atoms with Crippen LogP contribution in [-0.2, 0) is 4.74 Å². The average molecular weight is 507 g/mol. The SMILES string of the molecule is COc1cc(-c2[nH]c3sc(C4CCC(N5[C@@H]6CC[C@H]5COC6)CC4)nc3c2C(C)C)cn2ncnc12. The molecule has 2 aliphatic heterocycles. The normalized spacial score (nSPS) is 27.0. The molecule has 6 heterocycles. The quantitative estimate of drug-likeness (QED) is 0.393. The van der Waals surface area contributed by atoms with Crippen LogP contribution in [0.2, 0.25) is 0 Å². The number of rotatable bonds is 5. The number of nitrogens with one attached hydrogen (secondary N) is 1. The summed E-state index contributed by atoms with van der Waals surface area (Å²) >= 11 is 1.85. The summed E-state index contributed by atoms with van der Waals surface area (Å²) in [6, 6.07) is 4.09. The Morgan fingerprint density at radius 3 is 2.56 bits per heavy atom. The van der Waals surface area contributed by atoms with Gasteiger partial charge in [0, 0.05) is 41.4 Å². The van der Waals surface area contributed by atoms with Crippen LogP contribution in [-0.4, -0.2) is 67.9 Å². The molecule has 1 saturated carbocycles. The van der Waals surface area contributed by atoms with Crippen molar-refractivity contribution in [2.45, 2.75) is 82.3 Å². The smallest absolute Gasteiger partial charge is 0.197 e. The number of nitrogens with zero attached hydrogens (tertiary/aromatic N) is 5. The van der Waals surface area contributed by atoms with Crippen LogP contribution in [0.1, 0.15) is 74.8 Å². The number of fused-ring (bicyclic) bond motifs is 4. The standard InChI is InChI=1S/C27H34N6O2S/c1-15(2)22-23(17-10-21(34-3)25-28-14-29-32(25)11-17)30-27-24(22)31-26(36-27)16-4-6-18(7-5-16)33-19-8-9-20(33)13-35-12-19/h10-11,14-16,18-20,30H,4-9,12-13H2,1-3H3/t16?,18?,19-,20+. The number of aromatic nitrogens is 5. The van der Waals surface area contributed by atoms with Crippen LogP contribution in [0.4, 0.5) is 0 Å². The molecule has 0 unspecified atom stereocenters. The average Bonchev–Trinajstić information content (AvgIpc) is 3.64. The summed E-state index contributed by atoms with van der Waals surface area (Å²) in [6.07, 6.45) is 11.3. The fourth-order valence-corrected chi connectivity index (χ4v) is 8.08. The largest absolute Gasteiger partial charge is 0.493 e. The first-order valence-corrected chi connectivity index (χ1v) is 14.2. The molecule has 0 amide bonds. The van der Waals surface area contributed by atoms with E-state index in [0.717, 1.165) is 47.4 Å². The van der Waals surface area contributed by atoms with Crippen molar-refractivity contribution in [3.05, 3.63) is 29.2 Å². The minimum Gasteiger partial charge on any atom is -0.493 e. The van der Waals surface area contributed by atoms with E-state index in [1.807, 2.05) is 23.6 Å². The van der Waals surface area contributed by atoms with Crippen LogP contribution in [0.3, 0.4) is 0 Å². The highest BCUT2D eigenvalue weighted by atomic mass is 32.1. The number of methoxy groups -OCH3 is 1. The Morgan fingerprint density at radius 2 is 1.83 bits per heavy atom. The van der Waals surface area contributed by atoms with E-state index in [1.165, 1.54) is 53.9 Å². The lowest BCUT2D eigenvalue weighted by atomic mass is 9.85. The maximum atomic E-state index is 5.83. The fourth-order valence-electron chi connectivity index (χ4n) is 6.93. The van der Waals surface area contributed by atoms with Crippen molar-refractivity contribution in [1.82, 2.24) is 29.5 Å². The molecule has 8 nitrogen and oxygen atoms in total. The second kappa shape index (κ2) is 8.82. The van der Waals surface area contributed by atoms with Crippen LogP contribution < -0.4 is 4.74 Å². The van der Waals surface area contributed by atoms with E-state index < -0.39 is 0 Å². The minimum atomic E-state index is 0.341. The zero-order valence-corrected chi connectivity index (χ0v) is 22.1. The highest BCUT2D eigenvalue weighted by Crippen LogP contribution is 2.44. The van der Waals surface area contributed by atoms with Crippen LogP contribution in [0.15, 0.2) is 18.6 Å². The number of morpholine rings is 1. The molecular weight excluding hydrogens is 472 g/mol. The van der Waals surface area contributed by atoms with Crippen molar-refractivity contribution in [3.63, 3.8) is 0 Å². The third kappa shape index (κ3) is 3.58. The van der Waals surface area contributed by atoms with Gasteiger partial charge < -0.3 is 14.5 Å². The summed E-state index contributed by atoms with van der Waals surface area (Å²) in [5.41, 5.74) is 5.27. The molecule has 7 rings (SSSR count). The Balaban J connectivity index is 1.16. The summed E-state index contributed by atoms with van der Waals surface area (Å²) in [5.74, 6) is 1.63. The third-order valence-electron chi connectivity index (χ3n) is 8.60. The summed E-state index contributed by atoms with van der Waals surface area (Å²) in [4.78, 5) is 17.3. The van der Waals surface area contributed by atoms with Crippen LogP contribution in [0.25, 0.3) is 27.3 Å². The van der Waals surface area contributed by atoms with Gasteiger partial charge in [-0.2, -0.15) is 5.10 Å². The fraction of sp³-hybridized carbons (Fsp3) is 0.593. The summed E-state index contributed by atoms with van der Waals surface area (Å²) < 4.78 is 13.2. The molecular formula is C27H34N6O2S. The molecule has 2 saturated heterocycles. The maximum Gasteiger partial charge on any atom is 0.197 e. The van der Waals surface area contributed by atoms with Crippen molar-refractivity contribution in [1.29, 1.82) is 0 Å². The van der Waals surface area contributed by atoms with Gasteiger partial charge in [-0.15, -0.1) is 11.3 Å². The Bertz CT molecular complexity index is 1380. The number of pyridine rings is 1. The van der Waals surface area contributed by atoms with E-state index in [-0.39, 0.29) is 0 Å². The Labute approximate surface area is 215 Å². The van der Waals surface area contributed by atoms with E-state index >= 15 is 0 Å². The second-order valence-corrected chi connectivity index (χ2v) is 12.0. The lowest BCUT2D eigenvalue weighted by Crippen LogP contribution is -2.52. The van der Waals surface area contributed by atoms with Crippen molar-refractivity contribution in [2.24, 2.45) is 0 Å². The molecule has 36 heavy (non-hydrogen) atoms. The van der Waals surface area contributed by atoms with E-state index in [4.69, 9.17) is 14.5 Å². The lowest BCUT2D eigenvalue weighted by Gasteiger charge is -2.43. The van der Waals surface area contributed by atoms with Gasteiger partial charge in [-0.05, 0) is 50.5 Å². The molecule has 9 heteroatoms. The first kappa shape index (κ1) is 22.7. The second-order valence-electron chi connectivity index (χ2n) is 11.0. The van der Waals surface area contributed by atoms with Crippen LogP contribution in [0, 0.1) is 0 Å². The van der Waals surface area contributed by atoms with Crippen LogP contribution in [0.5, 0.6) is 5.75 Å². The Morgan fingerprint density at radius 1 is 1.08 bits per heavy atom. The zero-order valence-electron chi connectivity index (χ0n) is 21.2. The van der Waals surface area contributed by atoms with Gasteiger partial charge in [-0.3, -0.25) is 4.90 Å². The molecule has 190 valence electrons. The minimum absolute atomic E-state index is 0.341. The van der Waals surface area contributed by atoms with Crippen molar-refractivity contribution < 1.29 is 9.47 Å². The van der Waals surface area contributed by atoms with E-state index in [0.29, 0.717) is 23.9 Å². The summed E-state index contributed by atoms with van der Waals surface area (Å²) in [6.45, 7) is 6.36. The molecule has 0 radical (unpaired) electrons. The topological polar surface area (TPSA) is 80.6 Å². The summed E-state index contributed by atoms with van der Waals surface area (Å²) in [7, 11) is 1.68. The highest BCUT2D eigenvalue weighted by Gasteiger charge is 2.42. The van der Waals surface area contributed by atoms with Crippen LogP contribution >= 0.6 is 11.3 Å². The van der Waals surface area contributed by atoms with Crippen molar-refractivity contribution in [3.8, 4) is 17.0 Å². The van der Waals surface area contributed by atoms with Gasteiger partial charge in [-0.25, -0.2) is 14.5 Å². The van der Waals surface area contributed by atoms with Gasteiger partial charge in [0.2, 0.25) is 0 Å². The van der Waals surface area contributed by atoms with Crippen molar-refractivity contribution in [2.75, 3.05) is 20.3 Å². The van der Waals surface area contributed by atoms with Gasteiger partial charge in [0.25, 0.3) is 0 Å². The lowest BCUT2D eigenvalue weighted by molar-refractivity contribution is -0.0442. The molecule has 1 aliphatic carbocycles. The number of hydrogen-bond acceptors (Lipinski definition) is 7. The number of thiazole rings is 1. The molecule has 0 aromatic carbocycles. The van der Waals surface area contributed by atoms with E-state index in [9.17, 15) is 0 Å². The molecule has 4 aromatic rings. The predicted molar refractivity (Wildman–Crippen MR) is 141 cm³/mol. The van der Waals surface area contributed by atoms with E-state index in [1.54, 1.807) is 18.0 Å². The van der Waals surface area contributed by atoms with Gasteiger partial charge in [0.1, 0.15) is 16.7 Å². The number of hydrogen-bond donors (Lipinski definition) is 1. The van der Waals surface area contributed by atoms with Gasteiger partial charge in [0.15, 0.2) is 11.4 Å². The molecule has 2 bridgehead atoms. The Hall–Kier alpha value is -2.49. The zero-order chi connectivity index (χ0) is 24.4. The van der Waals surface area contributed by atoms with E-state index in [2.05, 4.69) is 33.8 Å². The van der Waals surface area contributed by atoms with Gasteiger partial charge >= 0.3 is 0 Å². The number of ether oxygens (including phenoxy) is 2. The van der Waals surface area contributed by atoms with Gasteiger partial charge in [-0.1, -0.05) is 13.8 Å². The first-order valence-electron chi connectivity index (χ1n) is 13.4. The van der Waals surface area contributed by atoms with Crippen molar-refractivity contribution >= 4 is 27.3 Å². The Kier molecular flexibility index (Phi) is 5.56. The molecule has 3 aliphatic rings. The summed E-state index contributed by atoms with van der Waals surface area (Å²) in [5, 5.41) is 5.65. The third-order valence-corrected chi connectivity index (χ3v) is 9.73. The maximum absolute atomic E-state index is 5.83.